The van der Waals surface area contributed by atoms with Crippen LogP contribution in [-0.4, -0.2) is 4.32 Å². The van der Waals surface area contributed by atoms with E-state index in [1.807, 2.05) is 0 Å². The van der Waals surface area contributed by atoms with Crippen molar-refractivity contribution in [2.45, 2.75) is 50.8 Å². The number of alkyl halides is 1. The van der Waals surface area contributed by atoms with Crippen molar-refractivity contribution < 1.29 is 0 Å². The smallest absolute Gasteiger partial charge is 0.0314 e. The van der Waals surface area contributed by atoms with Gasteiger partial charge in [-0.1, -0.05) is 36.7 Å². The zero-order chi connectivity index (χ0) is 8.33. The van der Waals surface area contributed by atoms with Gasteiger partial charge in [-0.2, -0.15) is 0 Å². The monoisotopic (exact) mass is 216 g/mol. The summed E-state index contributed by atoms with van der Waals surface area (Å²) in [7, 11) is 0. The number of hydrogen-bond acceptors (Lipinski definition) is 0. The number of rotatable bonds is 0. The largest absolute Gasteiger partial charge is 0.0847 e. The van der Waals surface area contributed by atoms with E-state index >= 15 is 0 Å². The fraction of sp³-hybridized carbons (Fsp3) is 1.00. The maximum absolute atomic E-state index is 3.94. The molecule has 0 nitrogen and oxygen atoms in total. The Morgan fingerprint density at radius 1 is 0.909 bits per heavy atom. The molecule has 0 atom stereocenters. The lowest BCUT2D eigenvalue weighted by Crippen LogP contribution is -2.34. The van der Waals surface area contributed by atoms with Crippen LogP contribution in [0.5, 0.6) is 0 Å². The second-order valence-electron chi connectivity index (χ2n) is 5.15. The predicted molar refractivity (Wildman–Crippen MR) is 52.0 cm³/mol. The van der Waals surface area contributed by atoms with Gasteiger partial charge < -0.3 is 0 Å². The topological polar surface area (TPSA) is 0 Å². The Morgan fingerprint density at radius 3 is 1.45 bits per heavy atom. The fourth-order valence-corrected chi connectivity index (χ4v) is 3.86. The van der Waals surface area contributed by atoms with Crippen molar-refractivity contribution in [2.75, 3.05) is 0 Å². The summed E-state index contributed by atoms with van der Waals surface area (Å²) in [5.74, 6) is 0. The Labute approximate surface area is 77.9 Å². The molecule has 0 radical (unpaired) electrons. The second-order valence-corrected chi connectivity index (χ2v) is 6.67. The summed E-state index contributed by atoms with van der Waals surface area (Å²) < 4.78 is 0.481. The molecule has 0 heterocycles. The van der Waals surface area contributed by atoms with Crippen molar-refractivity contribution in [1.29, 1.82) is 0 Å². The van der Waals surface area contributed by atoms with E-state index in [1.165, 1.54) is 25.7 Å². The number of hydrogen-bond donors (Lipinski definition) is 0. The Kier molecular flexibility index (Phi) is 1.37. The van der Waals surface area contributed by atoms with Gasteiger partial charge in [-0.25, -0.2) is 0 Å². The van der Waals surface area contributed by atoms with Gasteiger partial charge in [-0.05, 0) is 36.5 Å². The van der Waals surface area contributed by atoms with Gasteiger partial charge in [0.15, 0.2) is 0 Å². The lowest BCUT2D eigenvalue weighted by molar-refractivity contribution is 0.162. The highest BCUT2D eigenvalue weighted by atomic mass is 79.9. The molecule has 2 aliphatic carbocycles. The Hall–Kier alpha value is 0.480. The van der Waals surface area contributed by atoms with Gasteiger partial charge in [0.25, 0.3) is 0 Å². The lowest BCUT2D eigenvalue weighted by Gasteiger charge is -2.37. The van der Waals surface area contributed by atoms with Crippen LogP contribution in [-0.2, 0) is 0 Å². The highest BCUT2D eigenvalue weighted by Gasteiger charge is 2.63. The third kappa shape index (κ3) is 0.714. The normalized spacial score (nSPS) is 53.5. The first-order chi connectivity index (χ1) is 4.91. The van der Waals surface area contributed by atoms with Crippen LogP contribution >= 0.6 is 15.9 Å². The average molecular weight is 217 g/mol. The van der Waals surface area contributed by atoms with Crippen LogP contribution in [0.25, 0.3) is 0 Å². The summed E-state index contributed by atoms with van der Waals surface area (Å²) in [5.41, 5.74) is 1.14. The van der Waals surface area contributed by atoms with E-state index in [9.17, 15) is 0 Å². The Balaban J connectivity index is 2.46. The third-order valence-electron chi connectivity index (χ3n) is 4.78. The molecule has 0 unspecified atom stereocenters. The SMILES string of the molecule is CC12CCC(Br)(CC1)C2(C)C. The van der Waals surface area contributed by atoms with Gasteiger partial charge in [0.1, 0.15) is 0 Å². The van der Waals surface area contributed by atoms with Crippen molar-refractivity contribution >= 4 is 15.9 Å². The van der Waals surface area contributed by atoms with E-state index in [2.05, 4.69) is 36.7 Å². The summed E-state index contributed by atoms with van der Waals surface area (Å²) in [6, 6.07) is 0. The molecule has 2 rings (SSSR count). The zero-order valence-electron chi connectivity index (χ0n) is 7.71. The maximum Gasteiger partial charge on any atom is 0.0314 e. The maximum atomic E-state index is 3.94. The molecule has 2 fully saturated rings. The van der Waals surface area contributed by atoms with E-state index in [-0.39, 0.29) is 0 Å². The summed E-state index contributed by atoms with van der Waals surface area (Å²) in [6.45, 7) is 7.33. The van der Waals surface area contributed by atoms with Gasteiger partial charge in [0, 0.05) is 4.32 Å². The fourth-order valence-electron chi connectivity index (χ4n) is 2.99. The van der Waals surface area contributed by atoms with Crippen molar-refractivity contribution in [3.8, 4) is 0 Å². The highest BCUT2D eigenvalue weighted by molar-refractivity contribution is 9.10. The molecular weight excluding hydrogens is 200 g/mol. The van der Waals surface area contributed by atoms with Crippen LogP contribution in [0.2, 0.25) is 0 Å². The van der Waals surface area contributed by atoms with Gasteiger partial charge >= 0.3 is 0 Å². The molecule has 2 aliphatic rings. The van der Waals surface area contributed by atoms with Gasteiger partial charge in [0.05, 0.1) is 0 Å². The molecule has 0 aromatic heterocycles. The van der Waals surface area contributed by atoms with Crippen LogP contribution in [0.1, 0.15) is 46.5 Å². The molecular formula is C10H17Br. The Morgan fingerprint density at radius 2 is 1.36 bits per heavy atom. The van der Waals surface area contributed by atoms with E-state index in [4.69, 9.17) is 0 Å². The van der Waals surface area contributed by atoms with Gasteiger partial charge in [0.2, 0.25) is 0 Å². The van der Waals surface area contributed by atoms with Gasteiger partial charge in [-0.15, -0.1) is 0 Å². The van der Waals surface area contributed by atoms with Crippen molar-refractivity contribution in [1.82, 2.24) is 0 Å². The molecule has 2 bridgehead atoms. The molecule has 0 spiro atoms. The predicted octanol–water partition coefficient (Wildman–Crippen LogP) is 3.74. The van der Waals surface area contributed by atoms with E-state index in [0.29, 0.717) is 15.2 Å². The first-order valence-corrected chi connectivity index (χ1v) is 5.40. The molecule has 0 aromatic carbocycles. The van der Waals surface area contributed by atoms with Crippen LogP contribution in [0.3, 0.4) is 0 Å². The van der Waals surface area contributed by atoms with Crippen molar-refractivity contribution in [2.24, 2.45) is 10.8 Å². The number of fused-ring (bicyclic) bond motifs is 2. The number of halogens is 1. The van der Waals surface area contributed by atoms with Gasteiger partial charge in [-0.3, -0.25) is 0 Å². The van der Waals surface area contributed by atoms with E-state index in [0.717, 1.165) is 0 Å². The average Bonchev–Trinajstić information content (AvgIpc) is 2.19. The summed E-state index contributed by atoms with van der Waals surface area (Å²) in [6.07, 6.45) is 5.61. The van der Waals surface area contributed by atoms with Crippen LogP contribution in [0.15, 0.2) is 0 Å². The molecule has 0 aliphatic heterocycles. The molecule has 64 valence electrons. The van der Waals surface area contributed by atoms with Crippen LogP contribution in [0.4, 0.5) is 0 Å². The highest BCUT2D eigenvalue weighted by Crippen LogP contribution is 2.70. The molecule has 0 amide bonds. The van der Waals surface area contributed by atoms with E-state index < -0.39 is 0 Å². The quantitative estimate of drug-likeness (QED) is 0.542. The third-order valence-corrected chi connectivity index (χ3v) is 6.56. The molecule has 1 heteroatoms. The second kappa shape index (κ2) is 1.86. The minimum Gasteiger partial charge on any atom is -0.0847 e. The van der Waals surface area contributed by atoms with E-state index in [1.54, 1.807) is 0 Å². The zero-order valence-corrected chi connectivity index (χ0v) is 9.29. The summed E-state index contributed by atoms with van der Waals surface area (Å²) in [5, 5.41) is 0. The summed E-state index contributed by atoms with van der Waals surface area (Å²) >= 11 is 3.94. The van der Waals surface area contributed by atoms with Crippen molar-refractivity contribution in [3.63, 3.8) is 0 Å². The minimum absolute atomic E-state index is 0.481. The van der Waals surface area contributed by atoms with Crippen LogP contribution in [0, 0.1) is 10.8 Å². The van der Waals surface area contributed by atoms with Crippen molar-refractivity contribution in [3.05, 3.63) is 0 Å². The molecule has 0 N–H and O–H groups in total. The van der Waals surface area contributed by atoms with Crippen LogP contribution < -0.4 is 0 Å². The Bertz CT molecular complexity index is 165. The molecule has 11 heavy (non-hydrogen) atoms. The first kappa shape index (κ1) is 8.10. The molecule has 2 saturated carbocycles. The molecule has 0 saturated heterocycles. The molecule has 0 aromatic rings. The first-order valence-electron chi connectivity index (χ1n) is 4.60. The lowest BCUT2D eigenvalue weighted by atomic mass is 9.71. The standard InChI is InChI=1S/C10H17Br/c1-8(2)9(3)4-6-10(8,11)7-5-9/h4-7H2,1-3H3. The minimum atomic E-state index is 0.481. The summed E-state index contributed by atoms with van der Waals surface area (Å²) in [4.78, 5) is 0.